The molecule has 2 atom stereocenters. The Morgan fingerprint density at radius 2 is 2.18 bits per heavy atom. The Morgan fingerprint density at radius 1 is 1.47 bits per heavy atom. The van der Waals surface area contributed by atoms with Crippen molar-refractivity contribution in [3.05, 3.63) is 35.4 Å². The first-order valence-electron chi connectivity index (χ1n) is 5.82. The van der Waals surface area contributed by atoms with E-state index < -0.39 is 11.9 Å². The zero-order valence-corrected chi connectivity index (χ0v) is 10.6. The highest BCUT2D eigenvalue weighted by molar-refractivity contribution is 5.70. The maximum atomic E-state index is 11.2. The van der Waals surface area contributed by atoms with E-state index in [1.165, 1.54) is 0 Å². The molecule has 2 unspecified atom stereocenters. The van der Waals surface area contributed by atoms with E-state index in [0.29, 0.717) is 13.0 Å². The predicted molar refractivity (Wildman–Crippen MR) is 67.0 cm³/mol. The number of carboxylic acids is 1. The maximum Gasteiger partial charge on any atom is 0.307 e. The zero-order chi connectivity index (χ0) is 12.8. The summed E-state index contributed by atoms with van der Waals surface area (Å²) in [6, 6.07) is 7.99. The number of aliphatic carboxylic acids is 1. The standard InChI is InChI=1S/C14H20O3/c1-10-5-4-6-12(7-10)8-13(14(15)16)11(2)9-17-3/h4-7,11,13H,8-9H2,1-3H3,(H,15,16). The van der Waals surface area contributed by atoms with E-state index in [1.54, 1.807) is 7.11 Å². The number of aryl methyl sites for hydroxylation is 1. The van der Waals surface area contributed by atoms with Crippen LogP contribution in [0.25, 0.3) is 0 Å². The van der Waals surface area contributed by atoms with Gasteiger partial charge in [0.05, 0.1) is 5.92 Å². The normalized spacial score (nSPS) is 14.3. The van der Waals surface area contributed by atoms with Crippen LogP contribution in [0.3, 0.4) is 0 Å². The van der Waals surface area contributed by atoms with Gasteiger partial charge in [0, 0.05) is 13.7 Å². The van der Waals surface area contributed by atoms with Crippen LogP contribution in [0.1, 0.15) is 18.1 Å². The molecule has 0 amide bonds. The smallest absolute Gasteiger partial charge is 0.307 e. The monoisotopic (exact) mass is 236 g/mol. The minimum absolute atomic E-state index is 0.0120. The number of carbonyl (C=O) groups is 1. The van der Waals surface area contributed by atoms with Crippen LogP contribution in [-0.4, -0.2) is 24.8 Å². The van der Waals surface area contributed by atoms with Gasteiger partial charge in [-0.05, 0) is 24.8 Å². The van der Waals surface area contributed by atoms with Gasteiger partial charge in [-0.3, -0.25) is 4.79 Å². The number of methoxy groups -OCH3 is 1. The molecule has 0 bridgehead atoms. The summed E-state index contributed by atoms with van der Waals surface area (Å²) in [7, 11) is 1.60. The van der Waals surface area contributed by atoms with Crippen molar-refractivity contribution < 1.29 is 14.6 Å². The Kier molecular flexibility index (Phi) is 5.16. The number of carboxylic acid groups (broad SMARTS) is 1. The first kappa shape index (κ1) is 13.7. The summed E-state index contributed by atoms with van der Waals surface area (Å²) in [5.74, 6) is -1.13. The fourth-order valence-electron chi connectivity index (χ4n) is 2.00. The summed E-state index contributed by atoms with van der Waals surface area (Å²) in [5, 5.41) is 9.25. The van der Waals surface area contributed by atoms with E-state index in [2.05, 4.69) is 0 Å². The number of hydrogen-bond donors (Lipinski definition) is 1. The van der Waals surface area contributed by atoms with Crippen molar-refractivity contribution in [1.29, 1.82) is 0 Å². The second-order valence-electron chi connectivity index (χ2n) is 4.57. The summed E-state index contributed by atoms with van der Waals surface area (Å²) in [6.45, 7) is 4.40. The lowest BCUT2D eigenvalue weighted by Crippen LogP contribution is -2.26. The highest BCUT2D eigenvalue weighted by Crippen LogP contribution is 2.19. The average Bonchev–Trinajstić information content (AvgIpc) is 2.26. The van der Waals surface area contributed by atoms with E-state index in [-0.39, 0.29) is 5.92 Å². The van der Waals surface area contributed by atoms with Gasteiger partial charge in [-0.25, -0.2) is 0 Å². The third-order valence-corrected chi connectivity index (χ3v) is 2.97. The van der Waals surface area contributed by atoms with Crippen LogP contribution in [0.2, 0.25) is 0 Å². The molecule has 0 saturated heterocycles. The highest BCUT2D eigenvalue weighted by Gasteiger charge is 2.24. The second kappa shape index (κ2) is 6.40. The Bertz CT molecular complexity index is 373. The molecule has 0 aromatic heterocycles. The maximum absolute atomic E-state index is 11.2. The molecule has 0 fully saturated rings. The molecular weight excluding hydrogens is 216 g/mol. The van der Waals surface area contributed by atoms with Crippen LogP contribution in [0, 0.1) is 18.8 Å². The molecule has 0 saturated carbocycles. The fourth-order valence-corrected chi connectivity index (χ4v) is 2.00. The van der Waals surface area contributed by atoms with E-state index in [9.17, 15) is 9.90 Å². The predicted octanol–water partition coefficient (Wildman–Crippen LogP) is 2.52. The molecule has 94 valence electrons. The van der Waals surface area contributed by atoms with Gasteiger partial charge in [-0.15, -0.1) is 0 Å². The SMILES string of the molecule is COCC(C)C(Cc1cccc(C)c1)C(=O)O. The molecule has 3 heteroatoms. The van der Waals surface area contributed by atoms with Crippen LogP contribution < -0.4 is 0 Å². The molecule has 0 spiro atoms. The van der Waals surface area contributed by atoms with Gasteiger partial charge < -0.3 is 9.84 Å². The number of ether oxygens (including phenoxy) is 1. The summed E-state index contributed by atoms with van der Waals surface area (Å²) < 4.78 is 5.03. The molecule has 0 radical (unpaired) electrons. The Morgan fingerprint density at radius 3 is 2.71 bits per heavy atom. The quantitative estimate of drug-likeness (QED) is 0.825. The van der Waals surface area contributed by atoms with Crippen LogP contribution >= 0.6 is 0 Å². The van der Waals surface area contributed by atoms with Crippen molar-refractivity contribution in [2.24, 2.45) is 11.8 Å². The van der Waals surface area contributed by atoms with E-state index in [0.717, 1.165) is 11.1 Å². The minimum atomic E-state index is -0.754. The van der Waals surface area contributed by atoms with Crippen molar-refractivity contribution in [3.8, 4) is 0 Å². The Labute approximate surface area is 102 Å². The van der Waals surface area contributed by atoms with E-state index in [4.69, 9.17) is 4.74 Å². The van der Waals surface area contributed by atoms with Crippen LogP contribution in [-0.2, 0) is 16.0 Å². The van der Waals surface area contributed by atoms with E-state index in [1.807, 2.05) is 38.1 Å². The highest BCUT2D eigenvalue weighted by atomic mass is 16.5. The summed E-state index contributed by atoms with van der Waals surface area (Å²) in [4.78, 5) is 11.2. The minimum Gasteiger partial charge on any atom is -0.481 e. The van der Waals surface area contributed by atoms with Crippen molar-refractivity contribution >= 4 is 5.97 Å². The molecule has 1 aromatic rings. The molecule has 1 aromatic carbocycles. The molecule has 3 nitrogen and oxygen atoms in total. The van der Waals surface area contributed by atoms with Gasteiger partial charge in [-0.2, -0.15) is 0 Å². The summed E-state index contributed by atoms with van der Waals surface area (Å²) >= 11 is 0. The average molecular weight is 236 g/mol. The summed E-state index contributed by atoms with van der Waals surface area (Å²) in [6.07, 6.45) is 0.557. The van der Waals surface area contributed by atoms with Gasteiger partial charge in [0.25, 0.3) is 0 Å². The van der Waals surface area contributed by atoms with Crippen molar-refractivity contribution in [1.82, 2.24) is 0 Å². The van der Waals surface area contributed by atoms with Crippen LogP contribution in [0.5, 0.6) is 0 Å². The lowest BCUT2D eigenvalue weighted by Gasteiger charge is -2.19. The third-order valence-electron chi connectivity index (χ3n) is 2.97. The number of rotatable bonds is 6. The number of benzene rings is 1. The Balaban J connectivity index is 2.76. The molecule has 17 heavy (non-hydrogen) atoms. The third kappa shape index (κ3) is 4.19. The van der Waals surface area contributed by atoms with Crippen LogP contribution in [0.15, 0.2) is 24.3 Å². The van der Waals surface area contributed by atoms with Crippen LogP contribution in [0.4, 0.5) is 0 Å². The van der Waals surface area contributed by atoms with Gasteiger partial charge >= 0.3 is 5.97 Å². The first-order chi connectivity index (χ1) is 8.04. The van der Waals surface area contributed by atoms with Crippen molar-refractivity contribution in [2.45, 2.75) is 20.3 Å². The molecule has 0 heterocycles. The van der Waals surface area contributed by atoms with Crippen molar-refractivity contribution in [3.63, 3.8) is 0 Å². The van der Waals surface area contributed by atoms with Gasteiger partial charge in [0.15, 0.2) is 0 Å². The molecule has 0 aliphatic carbocycles. The lowest BCUT2D eigenvalue weighted by atomic mass is 9.88. The van der Waals surface area contributed by atoms with Gasteiger partial charge in [0.1, 0.15) is 0 Å². The molecule has 1 rings (SSSR count). The molecule has 1 N–H and O–H groups in total. The van der Waals surface area contributed by atoms with E-state index >= 15 is 0 Å². The van der Waals surface area contributed by atoms with Gasteiger partial charge in [0.2, 0.25) is 0 Å². The molecule has 0 aliphatic rings. The zero-order valence-electron chi connectivity index (χ0n) is 10.6. The topological polar surface area (TPSA) is 46.5 Å². The second-order valence-corrected chi connectivity index (χ2v) is 4.57. The van der Waals surface area contributed by atoms with Crippen molar-refractivity contribution in [2.75, 3.05) is 13.7 Å². The fraction of sp³-hybridized carbons (Fsp3) is 0.500. The van der Waals surface area contributed by atoms with Gasteiger partial charge in [-0.1, -0.05) is 36.8 Å². The first-order valence-corrected chi connectivity index (χ1v) is 5.82. The Hall–Kier alpha value is -1.35. The molecular formula is C14H20O3. The largest absolute Gasteiger partial charge is 0.481 e. The molecule has 0 aliphatic heterocycles. The summed E-state index contributed by atoms with van der Waals surface area (Å²) in [5.41, 5.74) is 2.23. The number of hydrogen-bond acceptors (Lipinski definition) is 2. The lowest BCUT2D eigenvalue weighted by molar-refractivity contribution is -0.144.